The van der Waals surface area contributed by atoms with Crippen LogP contribution >= 0.6 is 0 Å². The van der Waals surface area contributed by atoms with E-state index in [2.05, 4.69) is 5.32 Å². The largest absolute Gasteiger partial charge is 0.478 e. The van der Waals surface area contributed by atoms with Crippen molar-refractivity contribution in [3.8, 4) is 23.6 Å². The van der Waals surface area contributed by atoms with Crippen LogP contribution in [0.15, 0.2) is 60.3 Å². The minimum absolute atomic E-state index is 0.0242. The van der Waals surface area contributed by atoms with Crippen LogP contribution in [0.25, 0.3) is 0 Å². The van der Waals surface area contributed by atoms with E-state index < -0.39 is 5.97 Å². The van der Waals surface area contributed by atoms with E-state index in [4.69, 9.17) is 20.4 Å². The lowest BCUT2D eigenvalue weighted by molar-refractivity contribution is 0.0697. The number of anilines is 1. The van der Waals surface area contributed by atoms with E-state index in [1.165, 1.54) is 18.3 Å². The molecule has 0 heterocycles. The highest BCUT2D eigenvalue weighted by Crippen LogP contribution is 2.23. The first kappa shape index (κ1) is 15.6. The summed E-state index contributed by atoms with van der Waals surface area (Å²) >= 11 is 0. The molecule has 23 heavy (non-hydrogen) atoms. The summed E-state index contributed by atoms with van der Waals surface area (Å²) in [5, 5.41) is 28.9. The molecule has 112 valence electrons. The van der Waals surface area contributed by atoms with Crippen LogP contribution in [0.5, 0.6) is 11.5 Å². The van der Waals surface area contributed by atoms with E-state index >= 15 is 0 Å². The summed E-state index contributed by atoms with van der Waals surface area (Å²) in [5.74, 6) is 0.101. The zero-order valence-corrected chi connectivity index (χ0v) is 11.9. The SMILES string of the molecule is N#CC(C#N)=CNc1ccc(Oc2ccc(C(=O)O)cc2)cc1. The summed E-state index contributed by atoms with van der Waals surface area (Å²) in [6.07, 6.45) is 1.32. The third-order valence-corrected chi connectivity index (χ3v) is 2.82. The molecule has 2 N–H and O–H groups in total. The molecule has 0 spiro atoms. The fraction of sp³-hybridized carbons (Fsp3) is 0. The van der Waals surface area contributed by atoms with Crippen molar-refractivity contribution in [1.82, 2.24) is 0 Å². The number of hydrogen-bond acceptors (Lipinski definition) is 5. The van der Waals surface area contributed by atoms with Crippen LogP contribution in [0, 0.1) is 22.7 Å². The Morgan fingerprint density at radius 2 is 1.52 bits per heavy atom. The number of carbonyl (C=O) groups is 1. The van der Waals surface area contributed by atoms with Gasteiger partial charge in [-0.05, 0) is 48.5 Å². The van der Waals surface area contributed by atoms with E-state index in [1.807, 2.05) is 0 Å². The number of nitriles is 2. The third-order valence-electron chi connectivity index (χ3n) is 2.82. The van der Waals surface area contributed by atoms with Crippen molar-refractivity contribution in [3.63, 3.8) is 0 Å². The third kappa shape index (κ3) is 4.35. The summed E-state index contributed by atoms with van der Waals surface area (Å²) in [6, 6.07) is 16.4. The lowest BCUT2D eigenvalue weighted by Crippen LogP contribution is -1.95. The van der Waals surface area contributed by atoms with Gasteiger partial charge in [0.1, 0.15) is 29.2 Å². The Morgan fingerprint density at radius 3 is 2.00 bits per heavy atom. The predicted molar refractivity (Wildman–Crippen MR) is 82.8 cm³/mol. The Kier molecular flexibility index (Phi) is 4.96. The van der Waals surface area contributed by atoms with Gasteiger partial charge in [-0.1, -0.05) is 0 Å². The van der Waals surface area contributed by atoms with Gasteiger partial charge in [0.2, 0.25) is 0 Å². The van der Waals surface area contributed by atoms with E-state index in [1.54, 1.807) is 48.5 Å². The molecule has 0 unspecified atom stereocenters. The molecule has 6 nitrogen and oxygen atoms in total. The highest BCUT2D eigenvalue weighted by molar-refractivity contribution is 5.87. The molecule has 0 fully saturated rings. The fourth-order valence-corrected chi connectivity index (χ4v) is 1.67. The second-order valence-corrected chi connectivity index (χ2v) is 4.38. The van der Waals surface area contributed by atoms with E-state index in [0.717, 1.165) is 0 Å². The molecule has 0 aromatic heterocycles. The van der Waals surface area contributed by atoms with Crippen LogP contribution in [0.1, 0.15) is 10.4 Å². The smallest absolute Gasteiger partial charge is 0.335 e. The predicted octanol–water partition coefficient (Wildman–Crippen LogP) is 3.52. The van der Waals surface area contributed by atoms with Crippen LogP contribution in [0.4, 0.5) is 5.69 Å². The molecular formula is C17H11N3O3. The number of allylic oxidation sites excluding steroid dienone is 1. The zero-order valence-electron chi connectivity index (χ0n) is 11.9. The van der Waals surface area contributed by atoms with E-state index in [0.29, 0.717) is 17.2 Å². The van der Waals surface area contributed by atoms with Crippen LogP contribution < -0.4 is 10.1 Å². The number of carboxylic acid groups (broad SMARTS) is 1. The summed E-state index contributed by atoms with van der Waals surface area (Å²) in [5.41, 5.74) is 0.861. The molecule has 0 saturated heterocycles. The quantitative estimate of drug-likeness (QED) is 0.818. The van der Waals surface area contributed by atoms with Gasteiger partial charge < -0.3 is 15.2 Å². The number of hydrogen-bond donors (Lipinski definition) is 2. The van der Waals surface area contributed by atoms with Crippen LogP contribution in [-0.4, -0.2) is 11.1 Å². The molecule has 2 aromatic rings. The molecule has 2 rings (SSSR count). The Morgan fingerprint density at radius 1 is 1.00 bits per heavy atom. The standard InChI is InChI=1S/C17H11N3O3/c18-9-12(10-19)11-20-14-3-7-16(8-4-14)23-15-5-1-13(2-6-15)17(21)22/h1-8,11,20H,(H,21,22). The number of nitrogens with zero attached hydrogens (tertiary/aromatic N) is 2. The molecule has 0 aliphatic rings. The number of ether oxygens (including phenoxy) is 1. The molecule has 0 bridgehead atoms. The maximum atomic E-state index is 10.8. The number of nitrogens with one attached hydrogen (secondary N) is 1. The molecule has 0 atom stereocenters. The lowest BCUT2D eigenvalue weighted by Gasteiger charge is -2.07. The summed E-state index contributed by atoms with van der Waals surface area (Å²) in [4.78, 5) is 10.8. The first-order chi connectivity index (χ1) is 11.1. The Bertz CT molecular complexity index is 794. The molecule has 6 heteroatoms. The molecule has 0 radical (unpaired) electrons. The molecule has 0 aliphatic carbocycles. The van der Waals surface area contributed by atoms with Crippen molar-refractivity contribution in [2.24, 2.45) is 0 Å². The normalized spacial score (nSPS) is 9.13. The molecular weight excluding hydrogens is 294 g/mol. The fourth-order valence-electron chi connectivity index (χ4n) is 1.67. The number of carboxylic acids is 1. The van der Waals surface area contributed by atoms with Crippen molar-refractivity contribution >= 4 is 11.7 Å². The zero-order chi connectivity index (χ0) is 16.7. The minimum atomic E-state index is -0.992. The summed E-state index contributed by atoms with van der Waals surface area (Å²) < 4.78 is 5.60. The van der Waals surface area contributed by atoms with E-state index in [9.17, 15) is 4.79 Å². The van der Waals surface area contributed by atoms with Crippen LogP contribution in [0.2, 0.25) is 0 Å². The van der Waals surface area contributed by atoms with Crippen LogP contribution in [0.3, 0.4) is 0 Å². The van der Waals surface area contributed by atoms with Crippen molar-refractivity contribution < 1.29 is 14.6 Å². The van der Waals surface area contributed by atoms with E-state index in [-0.39, 0.29) is 11.1 Å². The number of rotatable bonds is 5. The topological polar surface area (TPSA) is 106 Å². The minimum Gasteiger partial charge on any atom is -0.478 e. The molecule has 2 aromatic carbocycles. The van der Waals surface area contributed by atoms with Crippen molar-refractivity contribution in [2.75, 3.05) is 5.32 Å². The summed E-state index contributed by atoms with van der Waals surface area (Å²) in [7, 11) is 0. The van der Waals surface area contributed by atoms with Crippen LogP contribution in [-0.2, 0) is 0 Å². The second kappa shape index (κ2) is 7.30. The van der Waals surface area contributed by atoms with Gasteiger partial charge in [0, 0.05) is 11.9 Å². The van der Waals surface area contributed by atoms with Gasteiger partial charge in [-0.15, -0.1) is 0 Å². The monoisotopic (exact) mass is 305 g/mol. The number of aromatic carboxylic acids is 1. The Balaban J connectivity index is 2.03. The van der Waals surface area contributed by atoms with Crippen molar-refractivity contribution in [1.29, 1.82) is 10.5 Å². The average molecular weight is 305 g/mol. The van der Waals surface area contributed by atoms with Gasteiger partial charge in [-0.2, -0.15) is 10.5 Å². The number of benzene rings is 2. The lowest BCUT2D eigenvalue weighted by atomic mass is 10.2. The Labute approximate surface area is 132 Å². The second-order valence-electron chi connectivity index (χ2n) is 4.38. The van der Waals surface area contributed by atoms with Gasteiger partial charge in [0.05, 0.1) is 5.56 Å². The Hall–Kier alpha value is -3.77. The van der Waals surface area contributed by atoms with Gasteiger partial charge in [0.25, 0.3) is 0 Å². The summed E-state index contributed by atoms with van der Waals surface area (Å²) in [6.45, 7) is 0. The van der Waals surface area contributed by atoms with Crippen molar-refractivity contribution in [2.45, 2.75) is 0 Å². The van der Waals surface area contributed by atoms with Gasteiger partial charge >= 0.3 is 5.97 Å². The average Bonchev–Trinajstić information content (AvgIpc) is 2.58. The molecule has 0 saturated carbocycles. The van der Waals surface area contributed by atoms with Gasteiger partial charge in [-0.25, -0.2) is 4.79 Å². The molecule has 0 aliphatic heterocycles. The van der Waals surface area contributed by atoms with Gasteiger partial charge in [0.15, 0.2) is 0 Å². The maximum absolute atomic E-state index is 10.8. The molecule has 0 amide bonds. The van der Waals surface area contributed by atoms with Crippen molar-refractivity contribution in [3.05, 3.63) is 65.9 Å². The first-order valence-corrected chi connectivity index (χ1v) is 6.50. The highest BCUT2D eigenvalue weighted by atomic mass is 16.5. The first-order valence-electron chi connectivity index (χ1n) is 6.50. The highest BCUT2D eigenvalue weighted by Gasteiger charge is 2.03. The van der Waals surface area contributed by atoms with Gasteiger partial charge in [-0.3, -0.25) is 0 Å². The maximum Gasteiger partial charge on any atom is 0.335 e.